The summed E-state index contributed by atoms with van der Waals surface area (Å²) in [7, 11) is 0. The van der Waals surface area contributed by atoms with E-state index in [1.165, 1.54) is 38.5 Å². The SMILES string of the molecule is C=C(CCCC)C(=O)OCCCCCCCCC. The van der Waals surface area contributed by atoms with Crippen LogP contribution >= 0.6 is 0 Å². The van der Waals surface area contributed by atoms with Crippen molar-refractivity contribution in [2.24, 2.45) is 0 Å². The number of esters is 1. The summed E-state index contributed by atoms with van der Waals surface area (Å²) in [6.07, 6.45) is 11.6. The van der Waals surface area contributed by atoms with Crippen molar-refractivity contribution in [3.63, 3.8) is 0 Å². The zero-order chi connectivity index (χ0) is 13.6. The summed E-state index contributed by atoms with van der Waals surface area (Å²) in [5.41, 5.74) is 0.625. The van der Waals surface area contributed by atoms with Crippen LogP contribution in [-0.4, -0.2) is 12.6 Å². The Morgan fingerprint density at radius 3 is 2.06 bits per heavy atom. The van der Waals surface area contributed by atoms with Gasteiger partial charge < -0.3 is 4.74 Å². The fraction of sp³-hybridized carbons (Fsp3) is 0.812. The van der Waals surface area contributed by atoms with Crippen molar-refractivity contribution in [3.05, 3.63) is 12.2 Å². The van der Waals surface area contributed by atoms with Crippen LogP contribution in [0.4, 0.5) is 0 Å². The standard InChI is InChI=1S/C16H30O2/c1-4-6-8-9-10-11-12-14-18-16(17)15(3)13-7-5-2/h3-14H2,1-2H3. The molecule has 0 spiro atoms. The Morgan fingerprint density at radius 2 is 1.44 bits per heavy atom. The van der Waals surface area contributed by atoms with Gasteiger partial charge in [-0.05, 0) is 19.3 Å². The van der Waals surface area contributed by atoms with Crippen molar-refractivity contribution < 1.29 is 9.53 Å². The summed E-state index contributed by atoms with van der Waals surface area (Å²) < 4.78 is 5.19. The Kier molecular flexibility index (Phi) is 12.1. The summed E-state index contributed by atoms with van der Waals surface area (Å²) in [6, 6.07) is 0. The largest absolute Gasteiger partial charge is 0.462 e. The number of rotatable bonds is 12. The first-order valence-electron chi connectivity index (χ1n) is 7.57. The number of carbonyl (C=O) groups is 1. The third-order valence-electron chi connectivity index (χ3n) is 3.10. The molecule has 0 saturated carbocycles. The maximum Gasteiger partial charge on any atom is 0.333 e. The van der Waals surface area contributed by atoms with E-state index < -0.39 is 0 Å². The molecule has 0 rings (SSSR count). The Balaban J connectivity index is 3.32. The van der Waals surface area contributed by atoms with Crippen LogP contribution in [0, 0.1) is 0 Å². The molecule has 2 heteroatoms. The summed E-state index contributed by atoms with van der Waals surface area (Å²) in [5, 5.41) is 0. The van der Waals surface area contributed by atoms with Gasteiger partial charge in [-0.15, -0.1) is 0 Å². The van der Waals surface area contributed by atoms with Crippen LogP contribution in [0.2, 0.25) is 0 Å². The van der Waals surface area contributed by atoms with Crippen molar-refractivity contribution >= 4 is 5.97 Å². The van der Waals surface area contributed by atoms with Gasteiger partial charge in [-0.1, -0.05) is 65.4 Å². The lowest BCUT2D eigenvalue weighted by molar-refractivity contribution is -0.139. The molecule has 0 aliphatic carbocycles. The highest BCUT2D eigenvalue weighted by Gasteiger charge is 2.07. The van der Waals surface area contributed by atoms with Gasteiger partial charge in [0.05, 0.1) is 6.61 Å². The predicted molar refractivity (Wildman–Crippen MR) is 77.6 cm³/mol. The summed E-state index contributed by atoms with van der Waals surface area (Å²) in [4.78, 5) is 11.5. The van der Waals surface area contributed by atoms with Crippen molar-refractivity contribution in [1.82, 2.24) is 0 Å². The van der Waals surface area contributed by atoms with Gasteiger partial charge in [0.1, 0.15) is 0 Å². The molecule has 0 aromatic heterocycles. The second-order valence-electron chi connectivity index (χ2n) is 4.96. The van der Waals surface area contributed by atoms with Gasteiger partial charge in [0, 0.05) is 5.57 Å². The van der Waals surface area contributed by atoms with E-state index in [0.717, 1.165) is 25.7 Å². The maximum atomic E-state index is 11.5. The number of hydrogen-bond acceptors (Lipinski definition) is 2. The third-order valence-corrected chi connectivity index (χ3v) is 3.10. The number of ether oxygens (including phenoxy) is 1. The van der Waals surface area contributed by atoms with E-state index in [1.807, 2.05) is 0 Å². The zero-order valence-corrected chi connectivity index (χ0v) is 12.3. The Morgan fingerprint density at radius 1 is 0.889 bits per heavy atom. The molecule has 0 unspecified atom stereocenters. The second kappa shape index (κ2) is 12.7. The lowest BCUT2D eigenvalue weighted by Gasteiger charge is -2.06. The van der Waals surface area contributed by atoms with Crippen LogP contribution in [0.25, 0.3) is 0 Å². The van der Waals surface area contributed by atoms with Gasteiger partial charge in [-0.3, -0.25) is 0 Å². The minimum Gasteiger partial charge on any atom is -0.462 e. The molecule has 2 nitrogen and oxygen atoms in total. The molecule has 18 heavy (non-hydrogen) atoms. The summed E-state index contributed by atoms with van der Waals surface area (Å²) in [5.74, 6) is -0.200. The average Bonchev–Trinajstić information content (AvgIpc) is 2.38. The fourth-order valence-electron chi connectivity index (χ4n) is 1.82. The lowest BCUT2D eigenvalue weighted by atomic mass is 10.1. The first-order chi connectivity index (χ1) is 8.72. The van der Waals surface area contributed by atoms with E-state index in [-0.39, 0.29) is 5.97 Å². The molecular weight excluding hydrogens is 224 g/mol. The van der Waals surface area contributed by atoms with E-state index in [4.69, 9.17) is 4.74 Å². The van der Waals surface area contributed by atoms with Gasteiger partial charge in [-0.25, -0.2) is 4.79 Å². The number of unbranched alkanes of at least 4 members (excludes halogenated alkanes) is 7. The molecule has 0 N–H and O–H groups in total. The highest BCUT2D eigenvalue weighted by atomic mass is 16.5. The van der Waals surface area contributed by atoms with Gasteiger partial charge in [0.15, 0.2) is 0 Å². The molecule has 0 aliphatic heterocycles. The predicted octanol–water partition coefficient (Wildman–Crippen LogP) is 5.03. The van der Waals surface area contributed by atoms with Crippen molar-refractivity contribution in [2.75, 3.05) is 6.61 Å². The van der Waals surface area contributed by atoms with Gasteiger partial charge in [0.25, 0.3) is 0 Å². The molecule has 0 atom stereocenters. The van der Waals surface area contributed by atoms with Gasteiger partial charge in [-0.2, -0.15) is 0 Å². The number of carbonyl (C=O) groups excluding carboxylic acids is 1. The quantitative estimate of drug-likeness (QED) is 0.277. The van der Waals surface area contributed by atoms with Crippen molar-refractivity contribution in [2.45, 2.75) is 78.1 Å². The molecule has 0 aliphatic rings. The fourth-order valence-corrected chi connectivity index (χ4v) is 1.82. The van der Waals surface area contributed by atoms with Crippen LogP contribution in [0.15, 0.2) is 12.2 Å². The van der Waals surface area contributed by atoms with Crippen LogP contribution in [-0.2, 0) is 9.53 Å². The molecule has 106 valence electrons. The molecular formula is C16H30O2. The number of hydrogen-bond donors (Lipinski definition) is 0. The highest BCUT2D eigenvalue weighted by molar-refractivity contribution is 5.87. The topological polar surface area (TPSA) is 26.3 Å². The first kappa shape index (κ1) is 17.2. The molecule has 0 aromatic carbocycles. The molecule has 0 fully saturated rings. The van der Waals surface area contributed by atoms with E-state index >= 15 is 0 Å². The third kappa shape index (κ3) is 10.4. The van der Waals surface area contributed by atoms with Crippen LogP contribution in [0.3, 0.4) is 0 Å². The first-order valence-corrected chi connectivity index (χ1v) is 7.57. The highest BCUT2D eigenvalue weighted by Crippen LogP contribution is 2.09. The second-order valence-corrected chi connectivity index (χ2v) is 4.96. The van der Waals surface area contributed by atoms with E-state index in [1.54, 1.807) is 0 Å². The minimum absolute atomic E-state index is 0.200. The van der Waals surface area contributed by atoms with E-state index in [2.05, 4.69) is 20.4 Å². The Bertz CT molecular complexity index is 221. The van der Waals surface area contributed by atoms with Crippen LogP contribution < -0.4 is 0 Å². The Labute approximate surface area is 113 Å². The molecule has 0 aromatic rings. The Hall–Kier alpha value is -0.790. The van der Waals surface area contributed by atoms with Crippen molar-refractivity contribution in [1.29, 1.82) is 0 Å². The van der Waals surface area contributed by atoms with E-state index in [0.29, 0.717) is 12.2 Å². The minimum atomic E-state index is -0.200. The molecule has 0 bridgehead atoms. The van der Waals surface area contributed by atoms with Crippen LogP contribution in [0.1, 0.15) is 78.1 Å². The smallest absolute Gasteiger partial charge is 0.333 e. The molecule has 0 amide bonds. The molecule has 0 heterocycles. The van der Waals surface area contributed by atoms with Gasteiger partial charge in [0.2, 0.25) is 0 Å². The van der Waals surface area contributed by atoms with E-state index in [9.17, 15) is 4.79 Å². The average molecular weight is 254 g/mol. The summed E-state index contributed by atoms with van der Waals surface area (Å²) >= 11 is 0. The van der Waals surface area contributed by atoms with Crippen molar-refractivity contribution in [3.8, 4) is 0 Å². The monoisotopic (exact) mass is 254 g/mol. The van der Waals surface area contributed by atoms with Gasteiger partial charge >= 0.3 is 5.97 Å². The normalized spacial score (nSPS) is 10.3. The molecule has 0 saturated heterocycles. The maximum absolute atomic E-state index is 11.5. The molecule has 0 radical (unpaired) electrons. The summed E-state index contributed by atoms with van der Waals surface area (Å²) in [6.45, 7) is 8.66. The van der Waals surface area contributed by atoms with Crippen LogP contribution in [0.5, 0.6) is 0 Å². The lowest BCUT2D eigenvalue weighted by Crippen LogP contribution is -2.08. The zero-order valence-electron chi connectivity index (χ0n) is 12.3.